The van der Waals surface area contributed by atoms with E-state index in [4.69, 9.17) is 0 Å². The monoisotopic (exact) mass is 293 g/mol. The number of piperazine rings is 1. The van der Waals surface area contributed by atoms with Crippen LogP contribution in [0.3, 0.4) is 0 Å². The smallest absolute Gasteiger partial charge is 0.211 e. The fourth-order valence-electron chi connectivity index (χ4n) is 1.99. The van der Waals surface area contributed by atoms with Gasteiger partial charge in [-0.25, -0.2) is 8.42 Å². The highest BCUT2D eigenvalue weighted by atomic mass is 32.2. The number of nitrogens with one attached hydrogen (secondary N) is 1. The Morgan fingerprint density at radius 3 is 2.35 bits per heavy atom. The first-order valence-electron chi connectivity index (χ1n) is 6.53. The van der Waals surface area contributed by atoms with Crippen LogP contribution < -0.4 is 5.32 Å². The molecule has 3 rings (SSSR count). The van der Waals surface area contributed by atoms with Gasteiger partial charge in [0, 0.05) is 37.8 Å². The van der Waals surface area contributed by atoms with Gasteiger partial charge in [-0.1, -0.05) is 24.3 Å². The molecule has 0 radical (unpaired) electrons. The van der Waals surface area contributed by atoms with Crippen molar-refractivity contribution in [2.45, 2.75) is 0 Å². The van der Waals surface area contributed by atoms with Crippen molar-refractivity contribution in [1.82, 2.24) is 14.6 Å². The molecule has 1 aliphatic heterocycles. The molecule has 108 valence electrons. The van der Waals surface area contributed by atoms with Gasteiger partial charge in [0.05, 0.1) is 11.8 Å². The maximum atomic E-state index is 10.9. The first kappa shape index (κ1) is 14.9. The molecule has 0 unspecified atom stereocenters. The number of aromatic nitrogens is 1. The lowest BCUT2D eigenvalue weighted by Crippen LogP contribution is -2.45. The Kier molecular flexibility index (Phi) is 5.05. The standard InChI is InChI=1S/C9H7N.C5H12N2O2S/c1-2-6-9-8(4-1)5-3-7-10-9;1-10(8,9)7-4-2-6-3-5-7/h1-7H;6H,2-5H2,1H3. The molecule has 1 aromatic heterocycles. The minimum absolute atomic E-state index is 0.610. The van der Waals surface area contributed by atoms with Crippen molar-refractivity contribution in [3.8, 4) is 0 Å². The van der Waals surface area contributed by atoms with Crippen molar-refractivity contribution in [1.29, 1.82) is 0 Å². The normalized spacial score (nSPS) is 16.4. The van der Waals surface area contributed by atoms with E-state index < -0.39 is 10.0 Å². The highest BCUT2D eigenvalue weighted by Crippen LogP contribution is 2.07. The highest BCUT2D eigenvalue weighted by molar-refractivity contribution is 7.88. The van der Waals surface area contributed by atoms with Crippen LogP contribution in [0.4, 0.5) is 0 Å². The summed E-state index contributed by atoms with van der Waals surface area (Å²) in [5.74, 6) is 0. The Morgan fingerprint density at radius 1 is 1.10 bits per heavy atom. The van der Waals surface area contributed by atoms with Crippen LogP contribution in [0.15, 0.2) is 42.6 Å². The van der Waals surface area contributed by atoms with Gasteiger partial charge < -0.3 is 5.32 Å². The van der Waals surface area contributed by atoms with Crippen LogP contribution in [-0.4, -0.2) is 50.1 Å². The molecule has 0 aliphatic carbocycles. The second-order valence-electron chi connectivity index (χ2n) is 4.61. The summed E-state index contributed by atoms with van der Waals surface area (Å²) in [6, 6.07) is 12.1. The van der Waals surface area contributed by atoms with Gasteiger partial charge in [0.25, 0.3) is 0 Å². The second-order valence-corrected chi connectivity index (χ2v) is 6.59. The Hall–Kier alpha value is -1.50. The van der Waals surface area contributed by atoms with Crippen LogP contribution in [0.5, 0.6) is 0 Å². The average molecular weight is 293 g/mol. The van der Waals surface area contributed by atoms with E-state index in [1.54, 1.807) is 0 Å². The maximum Gasteiger partial charge on any atom is 0.211 e. The average Bonchev–Trinajstić information content (AvgIpc) is 2.48. The molecule has 0 bridgehead atoms. The van der Waals surface area contributed by atoms with E-state index in [-0.39, 0.29) is 0 Å². The number of fused-ring (bicyclic) bond motifs is 1. The van der Waals surface area contributed by atoms with Crippen molar-refractivity contribution in [3.05, 3.63) is 42.6 Å². The summed E-state index contributed by atoms with van der Waals surface area (Å²) >= 11 is 0. The summed E-state index contributed by atoms with van der Waals surface area (Å²) in [6.07, 6.45) is 3.06. The Labute approximate surface area is 119 Å². The van der Waals surface area contributed by atoms with E-state index in [1.807, 2.05) is 30.5 Å². The molecule has 1 aromatic carbocycles. The van der Waals surface area contributed by atoms with Gasteiger partial charge in [0.15, 0.2) is 0 Å². The zero-order valence-electron chi connectivity index (χ0n) is 11.5. The Balaban J connectivity index is 0.000000147. The molecule has 20 heavy (non-hydrogen) atoms. The number of pyridine rings is 1. The van der Waals surface area contributed by atoms with E-state index in [2.05, 4.69) is 22.4 Å². The largest absolute Gasteiger partial charge is 0.314 e. The zero-order valence-corrected chi connectivity index (χ0v) is 12.3. The van der Waals surface area contributed by atoms with Crippen LogP contribution in [0.25, 0.3) is 10.9 Å². The van der Waals surface area contributed by atoms with E-state index in [0.717, 1.165) is 18.6 Å². The summed E-state index contributed by atoms with van der Waals surface area (Å²) in [4.78, 5) is 4.18. The molecule has 0 amide bonds. The fourth-order valence-corrected chi connectivity index (χ4v) is 2.84. The molecule has 1 N–H and O–H groups in total. The SMILES string of the molecule is CS(=O)(=O)N1CCNCC1.c1ccc2ncccc2c1. The minimum atomic E-state index is -2.93. The molecule has 6 heteroatoms. The number of hydrogen-bond acceptors (Lipinski definition) is 4. The first-order chi connectivity index (χ1) is 9.57. The van der Waals surface area contributed by atoms with Gasteiger partial charge in [-0.2, -0.15) is 4.31 Å². The van der Waals surface area contributed by atoms with Gasteiger partial charge in [-0.3, -0.25) is 4.98 Å². The summed E-state index contributed by atoms with van der Waals surface area (Å²) < 4.78 is 23.3. The molecule has 5 nitrogen and oxygen atoms in total. The summed E-state index contributed by atoms with van der Waals surface area (Å²) in [7, 11) is -2.93. The second kappa shape index (κ2) is 6.78. The van der Waals surface area contributed by atoms with Crippen LogP contribution in [0.1, 0.15) is 0 Å². The van der Waals surface area contributed by atoms with Crippen molar-refractivity contribution in [2.24, 2.45) is 0 Å². The highest BCUT2D eigenvalue weighted by Gasteiger charge is 2.17. The minimum Gasteiger partial charge on any atom is -0.314 e. The topological polar surface area (TPSA) is 62.3 Å². The van der Waals surface area contributed by atoms with Crippen LogP contribution in [0.2, 0.25) is 0 Å². The number of sulfonamides is 1. The molecule has 2 heterocycles. The molecule has 0 saturated carbocycles. The number of benzene rings is 1. The number of rotatable bonds is 1. The van der Waals surface area contributed by atoms with Gasteiger partial charge in [-0.05, 0) is 12.1 Å². The molecule has 2 aromatic rings. The van der Waals surface area contributed by atoms with Crippen molar-refractivity contribution >= 4 is 20.9 Å². The van der Waals surface area contributed by atoms with Crippen molar-refractivity contribution < 1.29 is 8.42 Å². The van der Waals surface area contributed by atoms with E-state index in [0.29, 0.717) is 13.1 Å². The number of hydrogen-bond donors (Lipinski definition) is 1. The van der Waals surface area contributed by atoms with Crippen molar-refractivity contribution in [2.75, 3.05) is 32.4 Å². The summed E-state index contributed by atoms with van der Waals surface area (Å²) in [5.41, 5.74) is 1.06. The lowest BCUT2D eigenvalue weighted by atomic mass is 10.2. The lowest BCUT2D eigenvalue weighted by Gasteiger charge is -2.24. The molecular weight excluding hydrogens is 274 g/mol. The maximum absolute atomic E-state index is 10.9. The molecule has 1 saturated heterocycles. The Bertz CT molecular complexity index is 587. The van der Waals surface area contributed by atoms with E-state index in [1.165, 1.54) is 15.9 Å². The summed E-state index contributed by atoms with van der Waals surface area (Å²) in [6.45, 7) is 2.76. The summed E-state index contributed by atoms with van der Waals surface area (Å²) in [5, 5.41) is 4.28. The number of para-hydroxylation sites is 1. The van der Waals surface area contributed by atoms with Crippen LogP contribution in [0, 0.1) is 0 Å². The van der Waals surface area contributed by atoms with E-state index in [9.17, 15) is 8.42 Å². The van der Waals surface area contributed by atoms with Crippen LogP contribution >= 0.6 is 0 Å². The van der Waals surface area contributed by atoms with Gasteiger partial charge in [0.2, 0.25) is 10.0 Å². The van der Waals surface area contributed by atoms with Gasteiger partial charge in [0.1, 0.15) is 0 Å². The third-order valence-electron chi connectivity index (χ3n) is 3.06. The number of nitrogens with zero attached hydrogens (tertiary/aromatic N) is 2. The molecule has 0 spiro atoms. The quantitative estimate of drug-likeness (QED) is 0.855. The predicted octanol–water partition coefficient (Wildman–Crippen LogP) is 1.09. The zero-order chi connectivity index (χ0) is 14.4. The molecule has 1 aliphatic rings. The third kappa shape index (κ3) is 4.26. The molecule has 1 fully saturated rings. The fraction of sp³-hybridized carbons (Fsp3) is 0.357. The molecule has 0 atom stereocenters. The third-order valence-corrected chi connectivity index (χ3v) is 4.36. The molecular formula is C14H19N3O2S. The Morgan fingerprint density at radius 2 is 1.75 bits per heavy atom. The predicted molar refractivity (Wildman–Crippen MR) is 81.0 cm³/mol. The van der Waals surface area contributed by atoms with Crippen molar-refractivity contribution in [3.63, 3.8) is 0 Å². The lowest BCUT2D eigenvalue weighted by molar-refractivity contribution is 0.363. The van der Waals surface area contributed by atoms with E-state index >= 15 is 0 Å². The first-order valence-corrected chi connectivity index (χ1v) is 8.38. The van der Waals surface area contributed by atoms with Gasteiger partial charge in [-0.15, -0.1) is 0 Å². The van der Waals surface area contributed by atoms with Gasteiger partial charge >= 0.3 is 0 Å². The van der Waals surface area contributed by atoms with Crippen LogP contribution in [-0.2, 0) is 10.0 Å².